The molecule has 244 valence electrons. The van der Waals surface area contributed by atoms with Crippen LogP contribution in [-0.2, 0) is 35.2 Å². The van der Waals surface area contributed by atoms with Crippen molar-refractivity contribution in [3.63, 3.8) is 0 Å². The van der Waals surface area contributed by atoms with Gasteiger partial charge in [-0.1, -0.05) is 82.5 Å². The first-order valence-electron chi connectivity index (χ1n) is 16.6. The van der Waals surface area contributed by atoms with Crippen molar-refractivity contribution >= 4 is 5.97 Å². The molecule has 1 heterocycles. The van der Waals surface area contributed by atoms with Crippen LogP contribution in [0.1, 0.15) is 98.8 Å². The third-order valence-corrected chi connectivity index (χ3v) is 8.08. The lowest BCUT2D eigenvalue weighted by Gasteiger charge is -2.23. The van der Waals surface area contributed by atoms with Gasteiger partial charge < -0.3 is 14.2 Å². The number of methoxy groups -OCH3 is 1. The molecular weight excluding hydrogens is 576 g/mol. The molecule has 1 atom stereocenters. The molecule has 0 fully saturated rings. The third kappa shape index (κ3) is 8.25. The highest BCUT2D eigenvalue weighted by molar-refractivity contribution is 5.77. The molecule has 0 amide bonds. The molecule has 0 bridgehead atoms. The van der Waals surface area contributed by atoms with E-state index in [9.17, 15) is 9.59 Å². The molecule has 0 saturated carbocycles. The Balaban J connectivity index is 1.82. The van der Waals surface area contributed by atoms with Crippen LogP contribution in [0.25, 0.3) is 5.69 Å². The van der Waals surface area contributed by atoms with Crippen molar-refractivity contribution in [1.29, 1.82) is 0 Å². The minimum atomic E-state index is -0.883. The van der Waals surface area contributed by atoms with Gasteiger partial charge in [-0.2, -0.15) is 0 Å². The van der Waals surface area contributed by atoms with E-state index in [0.717, 1.165) is 90.1 Å². The first kappa shape index (κ1) is 34.5. The molecular formula is C39H48N2O5. The molecule has 0 N–H and O–H groups in total. The summed E-state index contributed by atoms with van der Waals surface area (Å²) in [7, 11) is 1.39. The second-order valence-corrected chi connectivity index (χ2v) is 11.6. The lowest BCUT2D eigenvalue weighted by molar-refractivity contribution is -0.149. The minimum Gasteiger partial charge on any atom is -0.494 e. The Hall–Kier alpha value is -4.39. The Morgan fingerprint density at radius 3 is 2.09 bits per heavy atom. The maximum Gasteiger partial charge on any atom is 0.351 e. The zero-order valence-corrected chi connectivity index (χ0v) is 28.2. The Bertz CT molecular complexity index is 1620. The zero-order valence-electron chi connectivity index (χ0n) is 28.2. The first-order valence-corrected chi connectivity index (χ1v) is 16.6. The van der Waals surface area contributed by atoms with Crippen molar-refractivity contribution in [2.45, 2.75) is 92.1 Å². The number of aromatic nitrogens is 2. The Morgan fingerprint density at radius 2 is 1.52 bits per heavy atom. The Morgan fingerprint density at radius 1 is 0.870 bits per heavy atom. The topological polar surface area (TPSA) is 79.7 Å². The van der Waals surface area contributed by atoms with E-state index in [2.05, 4.69) is 32.9 Å². The fourth-order valence-electron chi connectivity index (χ4n) is 5.91. The maximum atomic E-state index is 14.3. The fourth-order valence-corrected chi connectivity index (χ4v) is 5.91. The predicted octanol–water partition coefficient (Wildman–Crippen LogP) is 8.07. The number of ether oxygens (including phenoxy) is 3. The summed E-state index contributed by atoms with van der Waals surface area (Å²) in [6, 6.07) is 21.3. The number of benzene rings is 3. The van der Waals surface area contributed by atoms with E-state index in [0.29, 0.717) is 24.4 Å². The SMILES string of the molecule is CCCCc1nc(C)n(-c2ccc(OCC)cc2)c(=O)c1Cc1cc(CCC)c(OC(C(=O)OC)c2ccccc2)c(CCC)c1. The quantitative estimate of drug-likeness (QED) is 0.117. The van der Waals surface area contributed by atoms with Crippen LogP contribution < -0.4 is 15.0 Å². The van der Waals surface area contributed by atoms with Gasteiger partial charge in [0.1, 0.15) is 17.3 Å². The molecule has 0 saturated heterocycles. The van der Waals surface area contributed by atoms with E-state index in [4.69, 9.17) is 19.2 Å². The normalized spacial score (nSPS) is 11.7. The summed E-state index contributed by atoms with van der Waals surface area (Å²) in [6.07, 6.45) is 5.63. The van der Waals surface area contributed by atoms with Crippen LogP contribution in [0.5, 0.6) is 11.5 Å². The average molecular weight is 625 g/mol. The molecule has 0 aliphatic heterocycles. The predicted molar refractivity (Wildman–Crippen MR) is 183 cm³/mol. The highest BCUT2D eigenvalue weighted by atomic mass is 16.6. The molecule has 4 aromatic rings. The van der Waals surface area contributed by atoms with Gasteiger partial charge in [0.2, 0.25) is 6.10 Å². The van der Waals surface area contributed by atoms with Crippen LogP contribution in [0.15, 0.2) is 71.5 Å². The average Bonchev–Trinajstić information content (AvgIpc) is 3.06. The van der Waals surface area contributed by atoms with Crippen LogP contribution in [-0.4, -0.2) is 29.2 Å². The molecule has 4 rings (SSSR count). The Kier molecular flexibility index (Phi) is 12.6. The highest BCUT2D eigenvalue weighted by Crippen LogP contribution is 2.34. The Labute approximate surface area is 273 Å². The standard InChI is InChI=1S/C39H48N2O5/c1-7-11-19-35-34(38(42)41(27(5)40-35)32-20-22-33(23-21-32)45-10-4)26-28-24-30(15-8-2)36(31(25-28)16-9-3)46-37(39(43)44-6)29-17-13-12-14-18-29/h12-14,17-18,20-25,37H,7-11,15-16,19,26H2,1-6H3. The molecule has 0 aliphatic rings. The molecule has 1 unspecified atom stereocenters. The van der Waals surface area contributed by atoms with Crippen molar-refractivity contribution in [3.05, 3.63) is 116 Å². The molecule has 0 aliphatic carbocycles. The van der Waals surface area contributed by atoms with E-state index in [1.807, 2.05) is 68.4 Å². The molecule has 0 radical (unpaired) electrons. The van der Waals surface area contributed by atoms with Crippen LogP contribution >= 0.6 is 0 Å². The monoisotopic (exact) mass is 624 g/mol. The summed E-state index contributed by atoms with van der Waals surface area (Å²) in [4.78, 5) is 32.3. The van der Waals surface area contributed by atoms with E-state index in [1.54, 1.807) is 4.57 Å². The van der Waals surface area contributed by atoms with Gasteiger partial charge in [-0.05, 0) is 80.5 Å². The van der Waals surface area contributed by atoms with Crippen LogP contribution in [0.4, 0.5) is 0 Å². The lowest BCUT2D eigenvalue weighted by atomic mass is 9.94. The van der Waals surface area contributed by atoms with Gasteiger partial charge in [0.25, 0.3) is 5.56 Å². The van der Waals surface area contributed by atoms with Crippen molar-refractivity contribution in [2.24, 2.45) is 0 Å². The summed E-state index contributed by atoms with van der Waals surface area (Å²) in [5.41, 5.74) is 6.10. The largest absolute Gasteiger partial charge is 0.494 e. The van der Waals surface area contributed by atoms with Gasteiger partial charge >= 0.3 is 5.97 Å². The first-order chi connectivity index (χ1) is 22.3. The van der Waals surface area contributed by atoms with Gasteiger partial charge in [0, 0.05) is 17.5 Å². The van der Waals surface area contributed by atoms with Crippen LogP contribution in [0.2, 0.25) is 0 Å². The molecule has 1 aromatic heterocycles. The minimum absolute atomic E-state index is 0.0491. The van der Waals surface area contributed by atoms with Gasteiger partial charge in [0.15, 0.2) is 0 Å². The third-order valence-electron chi connectivity index (χ3n) is 8.08. The highest BCUT2D eigenvalue weighted by Gasteiger charge is 2.26. The molecule has 7 heteroatoms. The van der Waals surface area contributed by atoms with Gasteiger partial charge in [-0.15, -0.1) is 0 Å². The van der Waals surface area contributed by atoms with E-state index >= 15 is 0 Å². The van der Waals surface area contributed by atoms with Crippen molar-refractivity contribution in [3.8, 4) is 17.2 Å². The van der Waals surface area contributed by atoms with Crippen molar-refractivity contribution < 1.29 is 19.0 Å². The fraction of sp³-hybridized carbons (Fsp3) is 0.410. The molecule has 7 nitrogen and oxygen atoms in total. The summed E-state index contributed by atoms with van der Waals surface area (Å²) in [5, 5.41) is 0. The second-order valence-electron chi connectivity index (χ2n) is 11.6. The molecule has 3 aromatic carbocycles. The van der Waals surface area contributed by atoms with Crippen LogP contribution in [0, 0.1) is 6.92 Å². The number of hydrogen-bond acceptors (Lipinski definition) is 6. The summed E-state index contributed by atoms with van der Waals surface area (Å²) < 4.78 is 19.1. The number of unbranched alkanes of at least 4 members (excludes halogenated alkanes) is 1. The summed E-state index contributed by atoms with van der Waals surface area (Å²) in [6.45, 7) is 10.8. The number of carbonyl (C=O) groups is 1. The molecule has 46 heavy (non-hydrogen) atoms. The van der Waals surface area contributed by atoms with Crippen molar-refractivity contribution in [1.82, 2.24) is 9.55 Å². The summed E-state index contributed by atoms with van der Waals surface area (Å²) >= 11 is 0. The summed E-state index contributed by atoms with van der Waals surface area (Å²) in [5.74, 6) is 1.72. The second kappa shape index (κ2) is 16.8. The number of aryl methyl sites for hydroxylation is 4. The van der Waals surface area contributed by atoms with E-state index in [-0.39, 0.29) is 5.56 Å². The smallest absolute Gasteiger partial charge is 0.351 e. The number of nitrogens with zero attached hydrogens (tertiary/aromatic N) is 2. The molecule has 0 spiro atoms. The number of rotatable bonds is 16. The lowest BCUT2D eigenvalue weighted by Crippen LogP contribution is -2.28. The zero-order chi connectivity index (χ0) is 33.1. The maximum absolute atomic E-state index is 14.3. The number of esters is 1. The van der Waals surface area contributed by atoms with Gasteiger partial charge in [-0.3, -0.25) is 9.36 Å². The van der Waals surface area contributed by atoms with Gasteiger partial charge in [-0.25, -0.2) is 9.78 Å². The van der Waals surface area contributed by atoms with E-state index in [1.165, 1.54) is 7.11 Å². The number of hydrogen-bond donors (Lipinski definition) is 0. The van der Waals surface area contributed by atoms with Crippen molar-refractivity contribution in [2.75, 3.05) is 13.7 Å². The van der Waals surface area contributed by atoms with Crippen LogP contribution in [0.3, 0.4) is 0 Å². The van der Waals surface area contributed by atoms with E-state index < -0.39 is 12.1 Å². The number of carbonyl (C=O) groups excluding carboxylic acids is 1. The van der Waals surface area contributed by atoms with Gasteiger partial charge in [0.05, 0.1) is 25.1 Å².